The molecule has 1 aromatic carbocycles. The van der Waals surface area contributed by atoms with Crippen LogP contribution in [0.5, 0.6) is 0 Å². The summed E-state index contributed by atoms with van der Waals surface area (Å²) >= 11 is 0. The number of fused-ring (bicyclic) bond motifs is 1. The number of anilines is 1. The Hall–Kier alpha value is -2.90. The summed E-state index contributed by atoms with van der Waals surface area (Å²) in [5.74, 6) is -1.01. The summed E-state index contributed by atoms with van der Waals surface area (Å²) in [5, 5.41) is 11.4. The Morgan fingerprint density at radius 2 is 1.79 bits per heavy atom. The normalized spacial score (nSPS) is 19.0. The number of aryl methyl sites for hydroxylation is 2. The maximum Gasteiger partial charge on any atom is 0.337 e. The number of hydrogen-bond acceptors (Lipinski definition) is 5. The molecule has 3 aromatic rings. The molecule has 4 heterocycles. The molecule has 0 bridgehead atoms. The van der Waals surface area contributed by atoms with Crippen molar-refractivity contribution in [3.05, 3.63) is 46.8 Å². The van der Waals surface area contributed by atoms with Crippen molar-refractivity contribution in [1.29, 1.82) is 0 Å². The molecule has 2 aliphatic heterocycles. The van der Waals surface area contributed by atoms with E-state index in [0.29, 0.717) is 11.3 Å². The van der Waals surface area contributed by atoms with Crippen LogP contribution in [0.15, 0.2) is 24.3 Å². The first-order valence-corrected chi connectivity index (χ1v) is 13.9. The highest BCUT2D eigenvalue weighted by molar-refractivity contribution is 6.00. The summed E-state index contributed by atoms with van der Waals surface area (Å²) in [7, 11) is 0. The lowest BCUT2D eigenvalue weighted by Gasteiger charge is -2.30. The van der Waals surface area contributed by atoms with Crippen molar-refractivity contribution in [2.75, 3.05) is 24.6 Å². The van der Waals surface area contributed by atoms with Gasteiger partial charge < -0.3 is 24.0 Å². The van der Waals surface area contributed by atoms with Crippen molar-refractivity contribution in [3.63, 3.8) is 0 Å². The van der Waals surface area contributed by atoms with Crippen molar-refractivity contribution in [2.24, 2.45) is 0 Å². The Balaban J connectivity index is 1.73. The third-order valence-corrected chi connectivity index (χ3v) is 8.00. The van der Waals surface area contributed by atoms with Gasteiger partial charge in [-0.3, -0.25) is 0 Å². The second-order valence-corrected chi connectivity index (χ2v) is 11.8. The maximum absolute atomic E-state index is 12.7. The average Bonchev–Trinajstić information content (AvgIpc) is 3.08. The van der Waals surface area contributed by atoms with Crippen LogP contribution in [-0.4, -0.2) is 52.0 Å². The first kappa shape index (κ1) is 26.7. The molecule has 2 fully saturated rings. The van der Waals surface area contributed by atoms with Crippen molar-refractivity contribution in [3.8, 4) is 11.1 Å². The van der Waals surface area contributed by atoms with Crippen LogP contribution in [0, 0.1) is 20.8 Å². The van der Waals surface area contributed by atoms with Crippen LogP contribution in [0.1, 0.15) is 75.1 Å². The van der Waals surface area contributed by atoms with Crippen molar-refractivity contribution < 1.29 is 19.4 Å². The van der Waals surface area contributed by atoms with Crippen LogP contribution in [-0.2, 0) is 20.8 Å². The molecule has 0 spiro atoms. The fraction of sp³-hybridized carbons (Fsp3) is 0.548. The van der Waals surface area contributed by atoms with E-state index in [4.69, 9.17) is 14.5 Å². The van der Waals surface area contributed by atoms with E-state index >= 15 is 0 Å². The van der Waals surface area contributed by atoms with E-state index in [-0.39, 0.29) is 6.10 Å². The van der Waals surface area contributed by atoms with E-state index in [1.807, 2.05) is 27.7 Å². The number of aromatic nitrogens is 2. The van der Waals surface area contributed by atoms with Gasteiger partial charge in [-0.25, -0.2) is 9.78 Å². The molecule has 1 unspecified atom stereocenters. The van der Waals surface area contributed by atoms with E-state index in [1.165, 1.54) is 24.9 Å². The minimum atomic E-state index is -1.14. The first-order chi connectivity index (χ1) is 18.0. The highest BCUT2D eigenvalue weighted by Gasteiger charge is 2.34. The first-order valence-electron chi connectivity index (χ1n) is 13.9. The number of carboxylic acid groups (broad SMARTS) is 1. The second-order valence-electron chi connectivity index (χ2n) is 11.8. The van der Waals surface area contributed by atoms with Gasteiger partial charge in [0, 0.05) is 53.3 Å². The minimum absolute atomic E-state index is 0.189. The topological polar surface area (TPSA) is 76.8 Å². The molecule has 2 aliphatic rings. The van der Waals surface area contributed by atoms with Gasteiger partial charge in [0.25, 0.3) is 0 Å². The van der Waals surface area contributed by atoms with Crippen LogP contribution in [0.25, 0.3) is 22.2 Å². The Kier molecular flexibility index (Phi) is 7.27. The summed E-state index contributed by atoms with van der Waals surface area (Å²) in [6.45, 7) is 15.5. The lowest BCUT2D eigenvalue weighted by molar-refractivity contribution is -0.160. The van der Waals surface area contributed by atoms with Gasteiger partial charge in [0.15, 0.2) is 6.10 Å². The Bertz CT molecular complexity index is 1330. The summed E-state index contributed by atoms with van der Waals surface area (Å²) in [6, 6.07) is 8.62. The predicted octanol–water partition coefficient (Wildman–Crippen LogP) is 6.35. The smallest absolute Gasteiger partial charge is 0.337 e. The summed E-state index contributed by atoms with van der Waals surface area (Å²) < 4.78 is 14.2. The number of hydrogen-bond donors (Lipinski definition) is 1. The SMILES string of the molecule is Cc1nc2c(c(C)c(C)n2CC2CCO2)c(-c2ccc(N3CCCCC3)cc2)c1[C@H](OC(C)(C)C)C(=O)O. The number of nitrogens with zero attached hydrogens (tertiary/aromatic N) is 3. The van der Waals surface area contributed by atoms with Crippen LogP contribution in [0.2, 0.25) is 0 Å². The number of rotatable bonds is 7. The summed E-state index contributed by atoms with van der Waals surface area (Å²) in [5.41, 5.74) is 6.90. The molecule has 7 nitrogen and oxygen atoms in total. The van der Waals surface area contributed by atoms with E-state index in [2.05, 4.69) is 47.6 Å². The fourth-order valence-electron chi connectivity index (χ4n) is 5.85. The molecular weight excluding hydrogens is 478 g/mol. The third kappa shape index (κ3) is 5.06. The monoisotopic (exact) mass is 519 g/mol. The molecule has 2 atom stereocenters. The van der Waals surface area contributed by atoms with Crippen molar-refractivity contribution >= 4 is 22.7 Å². The lowest BCUT2D eigenvalue weighted by atomic mass is 9.90. The zero-order valence-electron chi connectivity index (χ0n) is 23.6. The van der Waals surface area contributed by atoms with Crippen LogP contribution >= 0.6 is 0 Å². The fourth-order valence-corrected chi connectivity index (χ4v) is 5.85. The lowest BCUT2D eigenvalue weighted by Crippen LogP contribution is -2.31. The largest absolute Gasteiger partial charge is 0.479 e. The van der Waals surface area contributed by atoms with E-state index < -0.39 is 17.7 Å². The zero-order valence-corrected chi connectivity index (χ0v) is 23.6. The zero-order chi connectivity index (χ0) is 27.2. The molecule has 0 aliphatic carbocycles. The van der Waals surface area contributed by atoms with E-state index in [0.717, 1.165) is 66.1 Å². The van der Waals surface area contributed by atoms with Crippen LogP contribution < -0.4 is 4.90 Å². The standard InChI is InChI=1S/C31H41N3O4/c1-19-21(3)34(18-24-14-17-37-24)29-25(19)27(22-10-12-23(13-11-22)33-15-8-7-9-16-33)26(20(2)32-29)28(30(35)36)38-31(4,5)6/h10-13,24,28H,7-9,14-18H2,1-6H3,(H,35,36)/t24?,28-/m0/s1. The third-order valence-electron chi connectivity index (χ3n) is 8.00. The van der Waals surface area contributed by atoms with Gasteiger partial charge in [0.1, 0.15) is 5.65 Å². The second kappa shape index (κ2) is 10.3. The summed E-state index contributed by atoms with van der Waals surface area (Å²) in [4.78, 5) is 20.2. The van der Waals surface area contributed by atoms with Crippen LogP contribution in [0.3, 0.4) is 0 Å². The number of carboxylic acids is 1. The highest BCUT2D eigenvalue weighted by Crippen LogP contribution is 2.42. The number of carbonyl (C=O) groups is 1. The Labute approximate surface area is 225 Å². The number of aliphatic carboxylic acids is 1. The molecule has 0 radical (unpaired) electrons. The maximum atomic E-state index is 12.7. The number of piperidine rings is 1. The Morgan fingerprint density at radius 3 is 2.34 bits per heavy atom. The number of ether oxygens (including phenoxy) is 2. The van der Waals surface area contributed by atoms with E-state index in [1.54, 1.807) is 0 Å². The molecule has 2 aromatic heterocycles. The number of benzene rings is 1. The predicted molar refractivity (Wildman–Crippen MR) is 151 cm³/mol. The van der Waals surface area contributed by atoms with Gasteiger partial charge in [-0.05, 0) is 90.5 Å². The molecule has 5 rings (SSSR count). The quantitative estimate of drug-likeness (QED) is 0.392. The van der Waals surface area contributed by atoms with Crippen LogP contribution in [0.4, 0.5) is 5.69 Å². The average molecular weight is 520 g/mol. The van der Waals surface area contributed by atoms with Gasteiger partial charge in [0.2, 0.25) is 0 Å². The Morgan fingerprint density at radius 1 is 1.13 bits per heavy atom. The molecule has 0 saturated carbocycles. The van der Waals surface area contributed by atoms with Gasteiger partial charge in [-0.1, -0.05) is 12.1 Å². The molecule has 2 saturated heterocycles. The van der Waals surface area contributed by atoms with Gasteiger partial charge >= 0.3 is 5.97 Å². The number of pyridine rings is 1. The molecule has 0 amide bonds. The molecule has 1 N–H and O–H groups in total. The van der Waals surface area contributed by atoms with E-state index in [9.17, 15) is 9.90 Å². The van der Waals surface area contributed by atoms with Crippen molar-refractivity contribution in [2.45, 2.75) is 91.6 Å². The summed E-state index contributed by atoms with van der Waals surface area (Å²) in [6.07, 6.45) is 3.82. The van der Waals surface area contributed by atoms with Gasteiger partial charge in [-0.15, -0.1) is 0 Å². The molecule has 38 heavy (non-hydrogen) atoms. The van der Waals surface area contributed by atoms with Gasteiger partial charge in [-0.2, -0.15) is 0 Å². The highest BCUT2D eigenvalue weighted by atomic mass is 16.5. The van der Waals surface area contributed by atoms with Crippen molar-refractivity contribution in [1.82, 2.24) is 9.55 Å². The molecular formula is C31H41N3O4. The minimum Gasteiger partial charge on any atom is -0.479 e. The van der Waals surface area contributed by atoms with Gasteiger partial charge in [0.05, 0.1) is 18.2 Å². The molecule has 204 valence electrons. The molecule has 7 heteroatoms.